The third kappa shape index (κ3) is 5.69. The molecular weight excluding hydrogens is 655 g/mol. The van der Waals surface area contributed by atoms with Gasteiger partial charge in [0, 0.05) is 16.7 Å². The maximum atomic E-state index is 5.29. The Kier molecular flexibility index (Phi) is 7.81. The standard InChI is InChI=1S/C51H33N3/c1-3-13-34(14-4-1)37-23-28-39(29-24-37)49-52-50(40-30-25-38(26-31-40)35-15-5-2-6-16-35)54-51(53-49)48-45-21-11-9-19-43(45)47(44-20-10-12-22-46(44)48)42-32-27-36-17-7-8-18-41(36)33-42/h1-33H. The van der Waals surface area contributed by atoms with E-state index in [1.165, 1.54) is 33.0 Å². The molecule has 3 heteroatoms. The van der Waals surface area contributed by atoms with Gasteiger partial charge in [-0.2, -0.15) is 0 Å². The first-order chi connectivity index (χ1) is 26.8. The first-order valence-electron chi connectivity index (χ1n) is 18.3. The van der Waals surface area contributed by atoms with Crippen LogP contribution in [-0.4, -0.2) is 15.0 Å². The van der Waals surface area contributed by atoms with Crippen molar-refractivity contribution in [2.75, 3.05) is 0 Å². The Morgan fingerprint density at radius 3 is 1.07 bits per heavy atom. The Bertz CT molecular complexity index is 2800. The number of aromatic nitrogens is 3. The highest BCUT2D eigenvalue weighted by atomic mass is 15.0. The summed E-state index contributed by atoms with van der Waals surface area (Å²) >= 11 is 0. The van der Waals surface area contributed by atoms with Crippen molar-refractivity contribution >= 4 is 32.3 Å². The molecule has 0 saturated heterocycles. The second kappa shape index (κ2) is 13.4. The van der Waals surface area contributed by atoms with Crippen LogP contribution in [0.15, 0.2) is 200 Å². The quantitative estimate of drug-likeness (QED) is 0.163. The van der Waals surface area contributed by atoms with Crippen molar-refractivity contribution in [1.82, 2.24) is 15.0 Å². The molecule has 10 aromatic rings. The topological polar surface area (TPSA) is 38.7 Å². The van der Waals surface area contributed by atoms with Gasteiger partial charge in [-0.3, -0.25) is 0 Å². The van der Waals surface area contributed by atoms with Gasteiger partial charge in [-0.05, 0) is 71.8 Å². The SMILES string of the molecule is c1ccc(-c2ccc(-c3nc(-c4ccc(-c5ccccc5)cc4)nc(-c4c5ccccc5c(-c5ccc6ccccc6c5)c5ccccc45)n3)cc2)cc1. The van der Waals surface area contributed by atoms with Gasteiger partial charge in [-0.25, -0.2) is 15.0 Å². The molecule has 54 heavy (non-hydrogen) atoms. The van der Waals surface area contributed by atoms with E-state index in [9.17, 15) is 0 Å². The van der Waals surface area contributed by atoms with Crippen molar-refractivity contribution in [1.29, 1.82) is 0 Å². The molecule has 0 fully saturated rings. The minimum absolute atomic E-state index is 0.633. The molecule has 0 unspecified atom stereocenters. The van der Waals surface area contributed by atoms with Crippen LogP contribution in [0.2, 0.25) is 0 Å². The molecule has 0 radical (unpaired) electrons. The maximum Gasteiger partial charge on any atom is 0.165 e. The summed E-state index contributed by atoms with van der Waals surface area (Å²) in [5.74, 6) is 1.91. The Hall–Kier alpha value is -7.23. The molecule has 252 valence electrons. The summed E-state index contributed by atoms with van der Waals surface area (Å²) in [5, 5.41) is 6.96. The predicted octanol–water partition coefficient (Wildman–Crippen LogP) is 13.3. The second-order valence-electron chi connectivity index (χ2n) is 13.6. The number of rotatable bonds is 6. The summed E-state index contributed by atoms with van der Waals surface area (Å²) in [6.45, 7) is 0. The predicted molar refractivity (Wildman–Crippen MR) is 225 cm³/mol. The fourth-order valence-corrected chi connectivity index (χ4v) is 7.66. The van der Waals surface area contributed by atoms with Crippen LogP contribution in [0, 0.1) is 0 Å². The summed E-state index contributed by atoms with van der Waals surface area (Å²) in [4.78, 5) is 15.7. The molecule has 0 spiro atoms. The first kappa shape index (κ1) is 31.5. The van der Waals surface area contributed by atoms with Crippen LogP contribution >= 0.6 is 0 Å². The van der Waals surface area contributed by atoms with Crippen LogP contribution in [0.1, 0.15) is 0 Å². The Morgan fingerprint density at radius 1 is 0.222 bits per heavy atom. The highest BCUT2D eigenvalue weighted by Crippen LogP contribution is 2.44. The van der Waals surface area contributed by atoms with Gasteiger partial charge in [-0.1, -0.05) is 194 Å². The van der Waals surface area contributed by atoms with Gasteiger partial charge in [0.05, 0.1) is 0 Å². The summed E-state index contributed by atoms with van der Waals surface area (Å²) in [5.41, 5.74) is 9.88. The molecule has 10 rings (SSSR count). The lowest BCUT2D eigenvalue weighted by molar-refractivity contribution is 1.08. The van der Waals surface area contributed by atoms with Gasteiger partial charge >= 0.3 is 0 Å². The van der Waals surface area contributed by atoms with E-state index in [0.29, 0.717) is 17.5 Å². The number of nitrogens with zero attached hydrogens (tertiary/aromatic N) is 3. The molecule has 0 aliphatic carbocycles. The van der Waals surface area contributed by atoms with E-state index in [4.69, 9.17) is 15.0 Å². The molecule has 0 aliphatic rings. The Labute approximate surface area is 313 Å². The molecule has 1 aromatic heterocycles. The number of hydrogen-bond acceptors (Lipinski definition) is 3. The number of fused-ring (bicyclic) bond motifs is 3. The third-order valence-corrected chi connectivity index (χ3v) is 10.3. The van der Waals surface area contributed by atoms with Crippen LogP contribution < -0.4 is 0 Å². The third-order valence-electron chi connectivity index (χ3n) is 10.3. The molecule has 0 saturated carbocycles. The van der Waals surface area contributed by atoms with Gasteiger partial charge in [-0.15, -0.1) is 0 Å². The van der Waals surface area contributed by atoms with E-state index in [1.807, 2.05) is 12.1 Å². The average molecular weight is 688 g/mol. The highest BCUT2D eigenvalue weighted by Gasteiger charge is 2.21. The lowest BCUT2D eigenvalue weighted by atomic mass is 9.87. The zero-order valence-corrected chi connectivity index (χ0v) is 29.4. The van der Waals surface area contributed by atoms with Crippen molar-refractivity contribution in [2.45, 2.75) is 0 Å². The van der Waals surface area contributed by atoms with Crippen LogP contribution in [0.3, 0.4) is 0 Å². The monoisotopic (exact) mass is 687 g/mol. The molecule has 9 aromatic carbocycles. The Balaban J connectivity index is 1.20. The Morgan fingerprint density at radius 2 is 0.574 bits per heavy atom. The zero-order chi connectivity index (χ0) is 35.8. The smallest absolute Gasteiger partial charge is 0.165 e. The van der Waals surface area contributed by atoms with Crippen molar-refractivity contribution < 1.29 is 0 Å². The van der Waals surface area contributed by atoms with Crippen molar-refractivity contribution in [3.63, 3.8) is 0 Å². The van der Waals surface area contributed by atoms with Crippen molar-refractivity contribution in [2.24, 2.45) is 0 Å². The molecule has 0 bridgehead atoms. The van der Waals surface area contributed by atoms with Gasteiger partial charge in [0.2, 0.25) is 0 Å². The summed E-state index contributed by atoms with van der Waals surface area (Å²) in [6, 6.07) is 70.5. The van der Waals surface area contributed by atoms with E-state index in [0.717, 1.165) is 49.4 Å². The summed E-state index contributed by atoms with van der Waals surface area (Å²) in [7, 11) is 0. The largest absolute Gasteiger partial charge is 0.208 e. The van der Waals surface area contributed by atoms with Crippen LogP contribution in [0.4, 0.5) is 0 Å². The van der Waals surface area contributed by atoms with Gasteiger partial charge in [0.1, 0.15) is 0 Å². The van der Waals surface area contributed by atoms with E-state index < -0.39 is 0 Å². The van der Waals surface area contributed by atoms with Gasteiger partial charge in [0.25, 0.3) is 0 Å². The fourth-order valence-electron chi connectivity index (χ4n) is 7.66. The molecular formula is C51H33N3. The van der Waals surface area contributed by atoms with Gasteiger partial charge in [0.15, 0.2) is 17.5 Å². The minimum Gasteiger partial charge on any atom is -0.208 e. The molecule has 3 nitrogen and oxygen atoms in total. The second-order valence-corrected chi connectivity index (χ2v) is 13.6. The first-order valence-corrected chi connectivity index (χ1v) is 18.3. The number of hydrogen-bond donors (Lipinski definition) is 0. The lowest BCUT2D eigenvalue weighted by Crippen LogP contribution is -2.01. The van der Waals surface area contributed by atoms with Crippen LogP contribution in [0.5, 0.6) is 0 Å². The highest BCUT2D eigenvalue weighted by molar-refractivity contribution is 6.21. The summed E-state index contributed by atoms with van der Waals surface area (Å²) < 4.78 is 0. The molecule has 0 N–H and O–H groups in total. The van der Waals surface area contributed by atoms with Gasteiger partial charge < -0.3 is 0 Å². The molecule has 0 aliphatic heterocycles. The minimum atomic E-state index is 0.633. The normalized spacial score (nSPS) is 11.3. The van der Waals surface area contributed by atoms with Crippen LogP contribution in [0.25, 0.3) is 99.9 Å². The molecule has 0 amide bonds. The lowest BCUT2D eigenvalue weighted by Gasteiger charge is -2.18. The van der Waals surface area contributed by atoms with E-state index in [-0.39, 0.29) is 0 Å². The van der Waals surface area contributed by atoms with E-state index in [1.54, 1.807) is 0 Å². The summed E-state index contributed by atoms with van der Waals surface area (Å²) in [6.07, 6.45) is 0. The van der Waals surface area contributed by atoms with E-state index in [2.05, 4.69) is 188 Å². The fraction of sp³-hybridized carbons (Fsp3) is 0. The van der Waals surface area contributed by atoms with Crippen molar-refractivity contribution in [3.8, 4) is 67.5 Å². The number of benzene rings is 9. The maximum absolute atomic E-state index is 5.29. The van der Waals surface area contributed by atoms with E-state index >= 15 is 0 Å². The zero-order valence-electron chi connectivity index (χ0n) is 29.4. The molecule has 1 heterocycles. The molecule has 0 atom stereocenters. The average Bonchev–Trinajstić information content (AvgIpc) is 3.26. The van der Waals surface area contributed by atoms with Crippen molar-refractivity contribution in [3.05, 3.63) is 200 Å². The van der Waals surface area contributed by atoms with Crippen LogP contribution in [-0.2, 0) is 0 Å².